The molecule has 1 heterocycles. The summed E-state index contributed by atoms with van der Waals surface area (Å²) in [6.45, 7) is 1.37. The molecule has 1 aliphatic heterocycles. The summed E-state index contributed by atoms with van der Waals surface area (Å²) in [4.78, 5) is 23.7. The third-order valence-corrected chi connectivity index (χ3v) is 5.50. The number of amides is 1. The Bertz CT molecular complexity index is 1050. The second kappa shape index (κ2) is 7.60. The smallest absolute Gasteiger partial charge is 0.385 e. The fraction of sp³-hybridized carbons (Fsp3) is 0.222. The van der Waals surface area contributed by atoms with Crippen LogP contribution in [-0.2, 0) is 11.0 Å². The zero-order chi connectivity index (χ0) is 22.4. The number of benzene rings is 2. The Hall–Kier alpha value is -2.57. The van der Waals surface area contributed by atoms with Gasteiger partial charge in [0.2, 0.25) is 0 Å². The molecule has 7 nitrogen and oxygen atoms in total. The van der Waals surface area contributed by atoms with Crippen molar-refractivity contribution in [2.24, 2.45) is 0 Å². The average molecular weight is 504 g/mol. The van der Waals surface area contributed by atoms with E-state index in [0.29, 0.717) is 17.7 Å². The van der Waals surface area contributed by atoms with Crippen LogP contribution in [0.2, 0.25) is 0 Å². The van der Waals surface area contributed by atoms with Crippen LogP contribution in [0.1, 0.15) is 24.2 Å². The Balaban J connectivity index is 2.02. The number of alkyl halides is 3. The molecular weight excluding hydrogens is 491 g/mol. The van der Waals surface area contributed by atoms with Gasteiger partial charge in [0.05, 0.1) is 10.6 Å². The molecule has 0 bridgehead atoms. The summed E-state index contributed by atoms with van der Waals surface area (Å²) in [5, 5.41) is 24.2. The summed E-state index contributed by atoms with van der Waals surface area (Å²) in [7, 11) is 0. The predicted octanol–water partition coefficient (Wildman–Crippen LogP) is 4.09. The van der Waals surface area contributed by atoms with Gasteiger partial charge in [-0.15, -0.1) is 0 Å². The number of hydrogen-bond acceptors (Lipinski definition) is 5. The van der Waals surface area contributed by atoms with Gasteiger partial charge in [0.1, 0.15) is 17.2 Å². The highest BCUT2D eigenvalue weighted by molar-refractivity contribution is 9.10. The minimum atomic E-state index is -5.02. The van der Waals surface area contributed by atoms with Gasteiger partial charge in [-0.05, 0) is 49.0 Å². The SMILES string of the molecule is C[C@]1([C@@H](O)c2ccc(Br)cc2)NC(=S)N(c2ccc([N+](=O)[O-])c(C(F)(F)F)c2)C1=O. The highest BCUT2D eigenvalue weighted by atomic mass is 79.9. The quantitative estimate of drug-likeness (QED) is 0.370. The molecule has 2 atom stereocenters. The summed E-state index contributed by atoms with van der Waals surface area (Å²) in [5.74, 6) is -0.801. The maximum Gasteiger partial charge on any atom is 0.423 e. The molecule has 0 aromatic heterocycles. The van der Waals surface area contributed by atoms with Crippen LogP contribution in [-0.4, -0.2) is 26.6 Å². The number of anilines is 1. The molecule has 0 unspecified atom stereocenters. The first-order valence-corrected chi connectivity index (χ1v) is 9.52. The van der Waals surface area contributed by atoms with E-state index in [1.165, 1.54) is 6.92 Å². The van der Waals surface area contributed by atoms with Gasteiger partial charge < -0.3 is 10.4 Å². The van der Waals surface area contributed by atoms with Gasteiger partial charge in [-0.2, -0.15) is 13.2 Å². The number of carbonyl (C=O) groups is 1. The van der Waals surface area contributed by atoms with Crippen LogP contribution in [0.3, 0.4) is 0 Å². The number of hydrogen-bond donors (Lipinski definition) is 2. The molecule has 12 heteroatoms. The zero-order valence-corrected chi connectivity index (χ0v) is 17.5. The van der Waals surface area contributed by atoms with Gasteiger partial charge in [0, 0.05) is 10.5 Å². The fourth-order valence-electron chi connectivity index (χ4n) is 3.10. The van der Waals surface area contributed by atoms with E-state index in [0.717, 1.165) is 15.4 Å². The lowest BCUT2D eigenvalue weighted by Gasteiger charge is -2.28. The largest absolute Gasteiger partial charge is 0.423 e. The van der Waals surface area contributed by atoms with Gasteiger partial charge in [-0.25, -0.2) is 0 Å². The molecule has 1 amide bonds. The molecular formula is C18H13BrF3N3O4S. The predicted molar refractivity (Wildman–Crippen MR) is 109 cm³/mol. The molecule has 158 valence electrons. The monoisotopic (exact) mass is 503 g/mol. The van der Waals surface area contributed by atoms with E-state index in [9.17, 15) is 33.2 Å². The lowest BCUT2D eigenvalue weighted by molar-refractivity contribution is -0.388. The molecule has 0 spiro atoms. The number of nitro benzene ring substituents is 1. The number of carbonyl (C=O) groups excluding carboxylic acids is 1. The van der Waals surface area contributed by atoms with Crippen LogP contribution >= 0.6 is 28.1 Å². The molecule has 0 radical (unpaired) electrons. The second-order valence-corrected chi connectivity index (χ2v) is 7.99. The molecule has 1 saturated heterocycles. The van der Waals surface area contributed by atoms with Crippen LogP contribution in [0, 0.1) is 10.1 Å². The Morgan fingerprint density at radius 3 is 2.40 bits per heavy atom. The molecule has 2 aromatic carbocycles. The van der Waals surface area contributed by atoms with E-state index < -0.39 is 39.9 Å². The molecule has 3 rings (SSSR count). The van der Waals surface area contributed by atoms with E-state index in [4.69, 9.17) is 12.2 Å². The standard InChI is InChI=1S/C18H13BrF3N3O4S/c1-17(14(26)9-2-4-10(19)5-3-9)15(27)24(16(30)23-17)11-6-7-13(25(28)29)12(8-11)18(20,21)22/h2-8,14,26H,1H3,(H,23,30)/t14-,17+/m0/s1. The van der Waals surface area contributed by atoms with E-state index in [-0.39, 0.29) is 10.8 Å². The number of thiocarbonyl (C=S) groups is 1. The van der Waals surface area contributed by atoms with Crippen molar-refractivity contribution in [3.05, 3.63) is 68.2 Å². The number of nitro groups is 1. The van der Waals surface area contributed by atoms with Crippen molar-refractivity contribution >= 4 is 50.5 Å². The number of aliphatic hydroxyl groups excluding tert-OH is 1. The maximum atomic E-state index is 13.3. The maximum absolute atomic E-state index is 13.3. The molecule has 2 aromatic rings. The minimum absolute atomic E-state index is 0.236. The minimum Gasteiger partial charge on any atom is -0.385 e. The average Bonchev–Trinajstić information content (AvgIpc) is 2.90. The van der Waals surface area contributed by atoms with E-state index >= 15 is 0 Å². The van der Waals surface area contributed by atoms with E-state index in [1.807, 2.05) is 0 Å². The van der Waals surface area contributed by atoms with Gasteiger partial charge in [0.25, 0.3) is 11.6 Å². The van der Waals surface area contributed by atoms with Crippen molar-refractivity contribution < 1.29 is 28.0 Å². The summed E-state index contributed by atoms with van der Waals surface area (Å²) >= 11 is 8.38. The highest BCUT2D eigenvalue weighted by Gasteiger charge is 2.52. The van der Waals surface area contributed by atoms with Crippen LogP contribution in [0.5, 0.6) is 0 Å². The molecule has 0 aliphatic carbocycles. The van der Waals surface area contributed by atoms with Crippen LogP contribution in [0.15, 0.2) is 46.9 Å². The van der Waals surface area contributed by atoms with Crippen molar-refractivity contribution in [3.8, 4) is 0 Å². The number of rotatable bonds is 4. The van der Waals surface area contributed by atoms with Crippen LogP contribution in [0.25, 0.3) is 0 Å². The lowest BCUT2D eigenvalue weighted by Crippen LogP contribution is -2.49. The number of nitrogens with one attached hydrogen (secondary N) is 1. The van der Waals surface area contributed by atoms with Crippen molar-refractivity contribution in [1.29, 1.82) is 0 Å². The Labute approximate surface area is 181 Å². The van der Waals surface area contributed by atoms with E-state index in [1.54, 1.807) is 24.3 Å². The number of aliphatic hydroxyl groups is 1. The first kappa shape index (κ1) is 22.1. The Morgan fingerprint density at radius 1 is 1.27 bits per heavy atom. The number of halogens is 4. The van der Waals surface area contributed by atoms with Gasteiger partial charge in [-0.3, -0.25) is 19.8 Å². The van der Waals surface area contributed by atoms with Crippen molar-refractivity contribution in [3.63, 3.8) is 0 Å². The van der Waals surface area contributed by atoms with E-state index in [2.05, 4.69) is 21.2 Å². The molecule has 1 aliphatic rings. The van der Waals surface area contributed by atoms with Gasteiger partial charge >= 0.3 is 6.18 Å². The number of nitrogens with zero attached hydrogens (tertiary/aromatic N) is 2. The summed E-state index contributed by atoms with van der Waals surface area (Å²) in [6.07, 6.45) is -6.39. The summed E-state index contributed by atoms with van der Waals surface area (Å²) in [5.41, 5.74) is -4.24. The summed E-state index contributed by atoms with van der Waals surface area (Å²) < 4.78 is 40.7. The second-order valence-electron chi connectivity index (χ2n) is 6.68. The third-order valence-electron chi connectivity index (χ3n) is 4.69. The van der Waals surface area contributed by atoms with Crippen molar-refractivity contribution in [1.82, 2.24) is 5.32 Å². The normalized spacial score (nSPS) is 20.3. The fourth-order valence-corrected chi connectivity index (χ4v) is 3.77. The van der Waals surface area contributed by atoms with Crippen LogP contribution in [0.4, 0.5) is 24.5 Å². The molecule has 1 fully saturated rings. The molecule has 30 heavy (non-hydrogen) atoms. The lowest BCUT2D eigenvalue weighted by atomic mass is 9.89. The Kier molecular flexibility index (Phi) is 5.60. The Morgan fingerprint density at radius 2 is 1.87 bits per heavy atom. The molecule has 2 N–H and O–H groups in total. The zero-order valence-electron chi connectivity index (χ0n) is 15.1. The molecule has 0 saturated carbocycles. The third kappa shape index (κ3) is 3.77. The summed E-state index contributed by atoms with van der Waals surface area (Å²) in [6, 6.07) is 8.61. The van der Waals surface area contributed by atoms with Crippen molar-refractivity contribution in [2.45, 2.75) is 24.7 Å². The first-order chi connectivity index (χ1) is 13.9. The highest BCUT2D eigenvalue weighted by Crippen LogP contribution is 2.40. The van der Waals surface area contributed by atoms with Gasteiger partial charge in [-0.1, -0.05) is 28.1 Å². The van der Waals surface area contributed by atoms with Crippen LogP contribution < -0.4 is 10.2 Å². The topological polar surface area (TPSA) is 95.7 Å². The first-order valence-electron chi connectivity index (χ1n) is 8.32. The van der Waals surface area contributed by atoms with Crippen molar-refractivity contribution in [2.75, 3.05) is 4.90 Å². The van der Waals surface area contributed by atoms with Gasteiger partial charge in [0.15, 0.2) is 5.11 Å².